The molecule has 0 aromatic heterocycles. The van der Waals surface area contributed by atoms with Crippen LogP contribution in [0.3, 0.4) is 0 Å². The summed E-state index contributed by atoms with van der Waals surface area (Å²) in [4.78, 5) is 12.0. The van der Waals surface area contributed by atoms with Gasteiger partial charge in [-0.05, 0) is 52.1 Å². The Labute approximate surface area is 109 Å². The van der Waals surface area contributed by atoms with Crippen LogP contribution in [0.1, 0.15) is 39.0 Å². The normalized spacial score (nSPS) is 27.9. The Morgan fingerprint density at radius 1 is 1.35 bits per heavy atom. The molecular formula is C12H23ClN2O2. The Morgan fingerprint density at radius 3 is 2.65 bits per heavy atom. The van der Waals surface area contributed by atoms with Gasteiger partial charge in [-0.3, -0.25) is 4.79 Å². The molecule has 4 nitrogen and oxygen atoms in total. The van der Waals surface area contributed by atoms with Crippen molar-refractivity contribution in [3.05, 3.63) is 0 Å². The van der Waals surface area contributed by atoms with E-state index >= 15 is 0 Å². The van der Waals surface area contributed by atoms with Crippen molar-refractivity contribution in [2.24, 2.45) is 0 Å². The lowest BCUT2D eigenvalue weighted by atomic mass is 9.90. The molecule has 1 amide bonds. The van der Waals surface area contributed by atoms with Gasteiger partial charge in [-0.25, -0.2) is 0 Å². The van der Waals surface area contributed by atoms with Gasteiger partial charge in [0.15, 0.2) is 0 Å². The maximum atomic E-state index is 12.0. The summed E-state index contributed by atoms with van der Waals surface area (Å²) in [6, 6.07) is 0. The van der Waals surface area contributed by atoms with E-state index in [1.54, 1.807) is 0 Å². The summed E-state index contributed by atoms with van der Waals surface area (Å²) in [7, 11) is 0. The van der Waals surface area contributed by atoms with Crippen LogP contribution in [0.15, 0.2) is 0 Å². The largest absolute Gasteiger partial charge is 0.368 e. The average Bonchev–Trinajstić information content (AvgIpc) is 2.30. The van der Waals surface area contributed by atoms with Crippen LogP contribution >= 0.6 is 12.4 Å². The minimum Gasteiger partial charge on any atom is -0.368 e. The Hall–Kier alpha value is -0.320. The monoisotopic (exact) mass is 262 g/mol. The highest BCUT2D eigenvalue weighted by molar-refractivity contribution is 5.85. The number of amides is 1. The standard InChI is InChI=1S/C12H22N2O2.ClH/c1-12(5-7-13-8-6-12)14-11(15)10-4-2-3-9-16-10;/h10,13H,2-9H2,1H3,(H,14,15);1H. The molecular weight excluding hydrogens is 240 g/mol. The second kappa shape index (κ2) is 6.57. The number of hydrogen-bond acceptors (Lipinski definition) is 3. The summed E-state index contributed by atoms with van der Waals surface area (Å²) < 4.78 is 5.50. The van der Waals surface area contributed by atoms with Gasteiger partial charge in [-0.15, -0.1) is 12.4 Å². The number of rotatable bonds is 2. The summed E-state index contributed by atoms with van der Waals surface area (Å²) in [5.74, 6) is 0.0871. The number of ether oxygens (including phenoxy) is 1. The third-order valence-electron chi connectivity index (χ3n) is 3.60. The highest BCUT2D eigenvalue weighted by Gasteiger charge is 2.31. The first-order valence-electron chi connectivity index (χ1n) is 6.34. The molecule has 1 unspecified atom stereocenters. The third-order valence-corrected chi connectivity index (χ3v) is 3.60. The molecule has 100 valence electrons. The molecule has 0 saturated carbocycles. The van der Waals surface area contributed by atoms with Crippen LogP contribution in [-0.4, -0.2) is 37.2 Å². The van der Waals surface area contributed by atoms with Crippen molar-refractivity contribution in [3.8, 4) is 0 Å². The number of carbonyl (C=O) groups is 1. The smallest absolute Gasteiger partial charge is 0.249 e. The summed E-state index contributed by atoms with van der Waals surface area (Å²) in [5.41, 5.74) is -0.0386. The predicted octanol–water partition coefficient (Wildman–Crippen LogP) is 1.24. The van der Waals surface area contributed by atoms with E-state index in [-0.39, 0.29) is 30.0 Å². The molecule has 2 N–H and O–H groups in total. The first-order chi connectivity index (χ1) is 7.70. The van der Waals surface area contributed by atoms with Gasteiger partial charge in [-0.1, -0.05) is 0 Å². The maximum Gasteiger partial charge on any atom is 0.249 e. The molecule has 5 heteroatoms. The Kier molecular flexibility index (Phi) is 5.70. The van der Waals surface area contributed by atoms with Crippen LogP contribution in [0.2, 0.25) is 0 Å². The van der Waals surface area contributed by atoms with Gasteiger partial charge in [0.1, 0.15) is 6.10 Å². The van der Waals surface area contributed by atoms with Gasteiger partial charge in [0.05, 0.1) is 0 Å². The predicted molar refractivity (Wildman–Crippen MR) is 69.5 cm³/mol. The second-order valence-corrected chi connectivity index (χ2v) is 5.16. The van der Waals surface area contributed by atoms with E-state index in [4.69, 9.17) is 4.74 Å². The lowest BCUT2D eigenvalue weighted by Gasteiger charge is -2.36. The van der Waals surface area contributed by atoms with Crippen molar-refractivity contribution in [1.29, 1.82) is 0 Å². The number of nitrogens with one attached hydrogen (secondary N) is 2. The molecule has 0 aliphatic carbocycles. The molecule has 2 heterocycles. The molecule has 17 heavy (non-hydrogen) atoms. The third kappa shape index (κ3) is 4.12. The van der Waals surface area contributed by atoms with Gasteiger partial charge in [0.2, 0.25) is 5.91 Å². The second-order valence-electron chi connectivity index (χ2n) is 5.16. The van der Waals surface area contributed by atoms with Crippen LogP contribution in [0.5, 0.6) is 0 Å². The van der Waals surface area contributed by atoms with Crippen LogP contribution in [0, 0.1) is 0 Å². The van der Waals surface area contributed by atoms with E-state index in [1.807, 2.05) is 0 Å². The van der Waals surface area contributed by atoms with Gasteiger partial charge < -0.3 is 15.4 Å². The Morgan fingerprint density at radius 2 is 2.06 bits per heavy atom. The minimum absolute atomic E-state index is 0. The lowest BCUT2D eigenvalue weighted by molar-refractivity contribution is -0.137. The highest BCUT2D eigenvalue weighted by atomic mass is 35.5. The van der Waals surface area contributed by atoms with Gasteiger partial charge in [-0.2, -0.15) is 0 Å². The SMILES string of the molecule is CC1(NC(=O)C2CCCCO2)CCNCC1.Cl. The fourth-order valence-electron chi connectivity index (χ4n) is 2.43. The number of carbonyl (C=O) groups excluding carboxylic acids is 1. The Bertz CT molecular complexity index is 249. The van der Waals surface area contributed by atoms with E-state index < -0.39 is 0 Å². The van der Waals surface area contributed by atoms with Crippen molar-refractivity contribution in [2.45, 2.75) is 50.7 Å². The van der Waals surface area contributed by atoms with E-state index in [9.17, 15) is 4.79 Å². The fraction of sp³-hybridized carbons (Fsp3) is 0.917. The number of piperidine rings is 1. The molecule has 0 radical (unpaired) electrons. The van der Waals surface area contributed by atoms with Crippen LogP contribution < -0.4 is 10.6 Å². The van der Waals surface area contributed by atoms with Crippen molar-refractivity contribution in [1.82, 2.24) is 10.6 Å². The summed E-state index contributed by atoms with van der Waals surface area (Å²) in [6.07, 6.45) is 4.87. The lowest BCUT2D eigenvalue weighted by Crippen LogP contribution is -2.55. The van der Waals surface area contributed by atoms with E-state index in [0.717, 1.165) is 51.8 Å². The molecule has 2 rings (SSSR count). The maximum absolute atomic E-state index is 12.0. The van der Waals surface area contributed by atoms with Crippen LogP contribution in [-0.2, 0) is 9.53 Å². The van der Waals surface area contributed by atoms with Crippen molar-refractivity contribution >= 4 is 18.3 Å². The fourth-order valence-corrected chi connectivity index (χ4v) is 2.43. The van der Waals surface area contributed by atoms with Crippen molar-refractivity contribution in [2.75, 3.05) is 19.7 Å². The zero-order chi connectivity index (χ0) is 11.4. The van der Waals surface area contributed by atoms with Gasteiger partial charge >= 0.3 is 0 Å². The molecule has 0 spiro atoms. The van der Waals surface area contributed by atoms with E-state index in [0.29, 0.717) is 0 Å². The van der Waals surface area contributed by atoms with Crippen LogP contribution in [0.25, 0.3) is 0 Å². The molecule has 2 fully saturated rings. The first kappa shape index (κ1) is 14.7. The number of hydrogen-bond donors (Lipinski definition) is 2. The summed E-state index contributed by atoms with van der Waals surface area (Å²) in [5, 5.41) is 6.47. The van der Waals surface area contributed by atoms with E-state index in [1.165, 1.54) is 0 Å². The van der Waals surface area contributed by atoms with E-state index in [2.05, 4.69) is 17.6 Å². The molecule has 0 bridgehead atoms. The molecule has 2 saturated heterocycles. The average molecular weight is 263 g/mol. The van der Waals surface area contributed by atoms with Gasteiger partial charge in [0, 0.05) is 12.1 Å². The molecule has 0 aromatic carbocycles. The van der Waals surface area contributed by atoms with Gasteiger partial charge in [0.25, 0.3) is 0 Å². The zero-order valence-electron chi connectivity index (χ0n) is 10.5. The summed E-state index contributed by atoms with van der Waals surface area (Å²) >= 11 is 0. The van der Waals surface area contributed by atoms with Crippen molar-refractivity contribution in [3.63, 3.8) is 0 Å². The molecule has 2 aliphatic heterocycles. The number of halogens is 1. The quantitative estimate of drug-likeness (QED) is 0.787. The Balaban J connectivity index is 0.00000144. The first-order valence-corrected chi connectivity index (χ1v) is 6.34. The summed E-state index contributed by atoms with van der Waals surface area (Å²) in [6.45, 7) is 4.84. The molecule has 1 atom stereocenters. The molecule has 2 aliphatic rings. The highest BCUT2D eigenvalue weighted by Crippen LogP contribution is 2.19. The zero-order valence-corrected chi connectivity index (χ0v) is 11.3. The minimum atomic E-state index is -0.208. The topological polar surface area (TPSA) is 50.4 Å². The molecule has 0 aromatic rings. The van der Waals surface area contributed by atoms with Crippen LogP contribution in [0.4, 0.5) is 0 Å². The van der Waals surface area contributed by atoms with Crippen molar-refractivity contribution < 1.29 is 9.53 Å².